The molecule has 0 saturated carbocycles. The monoisotopic (exact) mass is 208 g/mol. The summed E-state index contributed by atoms with van der Waals surface area (Å²) in [6.45, 7) is -0.146. The van der Waals surface area contributed by atoms with Crippen molar-refractivity contribution in [3.63, 3.8) is 0 Å². The second kappa shape index (κ2) is 3.84. The third kappa shape index (κ3) is 1.64. The number of nitrogens with zero attached hydrogens (tertiary/aromatic N) is 3. The van der Waals surface area contributed by atoms with Crippen LogP contribution >= 0.6 is 0 Å². The van der Waals surface area contributed by atoms with Crippen molar-refractivity contribution in [3.8, 4) is 5.88 Å². The topological polar surface area (TPSA) is 85.7 Å². The highest BCUT2D eigenvalue weighted by Crippen LogP contribution is 2.14. The van der Waals surface area contributed by atoms with Crippen molar-refractivity contribution in [1.82, 2.24) is 14.6 Å². The number of nitrogens with two attached hydrogens (primary N) is 1. The predicted octanol–water partition coefficient (Wildman–Crippen LogP) is -0.270. The summed E-state index contributed by atoms with van der Waals surface area (Å²) in [5.74, 6) is 0.479. The van der Waals surface area contributed by atoms with E-state index in [2.05, 4.69) is 10.1 Å². The molecule has 2 heterocycles. The van der Waals surface area contributed by atoms with Crippen molar-refractivity contribution in [2.75, 3.05) is 13.7 Å². The van der Waals surface area contributed by atoms with Crippen LogP contribution in [0.15, 0.2) is 18.3 Å². The molecule has 0 aliphatic carbocycles. The maximum Gasteiger partial charge on any atom is 0.231 e. The largest absolute Gasteiger partial charge is 0.480 e. The van der Waals surface area contributed by atoms with E-state index in [0.717, 1.165) is 0 Å². The first kappa shape index (κ1) is 9.88. The standard InChI is InChI=1S/C9H12N4O2/c1-15-9-3-2-8-11-4-7(6(10)5-14)13(8)12-9/h2-4,6,14H,5,10H2,1H3. The lowest BCUT2D eigenvalue weighted by Gasteiger charge is -2.07. The number of fused-ring (bicyclic) bond motifs is 1. The minimum atomic E-state index is -0.486. The van der Waals surface area contributed by atoms with E-state index in [1.807, 2.05) is 0 Å². The van der Waals surface area contributed by atoms with Gasteiger partial charge in [-0.3, -0.25) is 0 Å². The highest BCUT2D eigenvalue weighted by Gasteiger charge is 2.12. The lowest BCUT2D eigenvalue weighted by atomic mass is 10.2. The fourth-order valence-corrected chi connectivity index (χ4v) is 1.33. The van der Waals surface area contributed by atoms with Crippen molar-refractivity contribution < 1.29 is 9.84 Å². The normalized spacial score (nSPS) is 13.0. The van der Waals surface area contributed by atoms with E-state index in [1.165, 1.54) is 7.11 Å². The van der Waals surface area contributed by atoms with E-state index in [4.69, 9.17) is 15.6 Å². The summed E-state index contributed by atoms with van der Waals surface area (Å²) >= 11 is 0. The van der Waals surface area contributed by atoms with Gasteiger partial charge < -0.3 is 15.6 Å². The molecule has 0 aromatic carbocycles. The summed E-state index contributed by atoms with van der Waals surface area (Å²) in [6, 6.07) is 3.01. The van der Waals surface area contributed by atoms with E-state index in [1.54, 1.807) is 22.8 Å². The number of hydrogen-bond donors (Lipinski definition) is 2. The zero-order valence-electron chi connectivity index (χ0n) is 8.29. The fraction of sp³-hybridized carbons (Fsp3) is 0.333. The van der Waals surface area contributed by atoms with Crippen molar-refractivity contribution in [2.45, 2.75) is 6.04 Å². The summed E-state index contributed by atoms with van der Waals surface area (Å²) < 4.78 is 6.57. The molecule has 2 aromatic heterocycles. The molecule has 0 aliphatic heterocycles. The van der Waals surface area contributed by atoms with E-state index >= 15 is 0 Å². The van der Waals surface area contributed by atoms with Gasteiger partial charge in [-0.05, 0) is 6.07 Å². The molecule has 2 rings (SSSR count). The summed E-state index contributed by atoms with van der Waals surface area (Å²) in [5.41, 5.74) is 7.04. The van der Waals surface area contributed by atoms with Gasteiger partial charge in [-0.2, -0.15) is 0 Å². The Balaban J connectivity index is 2.56. The second-order valence-electron chi connectivity index (χ2n) is 3.12. The Hall–Kier alpha value is -1.66. The summed E-state index contributed by atoms with van der Waals surface area (Å²) in [4.78, 5) is 4.12. The lowest BCUT2D eigenvalue weighted by Crippen LogP contribution is -2.17. The average molecular weight is 208 g/mol. The lowest BCUT2D eigenvalue weighted by molar-refractivity contribution is 0.264. The van der Waals surface area contributed by atoms with Gasteiger partial charge in [-0.1, -0.05) is 0 Å². The minimum Gasteiger partial charge on any atom is -0.480 e. The number of aromatic nitrogens is 3. The van der Waals surface area contributed by atoms with Gasteiger partial charge in [0.2, 0.25) is 5.88 Å². The second-order valence-corrected chi connectivity index (χ2v) is 3.12. The molecule has 0 amide bonds. The third-order valence-corrected chi connectivity index (χ3v) is 2.15. The van der Waals surface area contributed by atoms with Crippen LogP contribution in [0.1, 0.15) is 11.7 Å². The molecule has 0 spiro atoms. The number of methoxy groups -OCH3 is 1. The molecule has 0 radical (unpaired) electrons. The van der Waals surface area contributed by atoms with Gasteiger partial charge in [-0.25, -0.2) is 9.50 Å². The van der Waals surface area contributed by atoms with Gasteiger partial charge in [-0.15, -0.1) is 5.10 Å². The first-order chi connectivity index (χ1) is 7.26. The molecule has 6 nitrogen and oxygen atoms in total. The van der Waals surface area contributed by atoms with Crippen LogP contribution in [0, 0.1) is 0 Å². The Morgan fingerprint density at radius 1 is 1.60 bits per heavy atom. The van der Waals surface area contributed by atoms with Gasteiger partial charge in [0.1, 0.15) is 0 Å². The van der Waals surface area contributed by atoms with Crippen LogP contribution < -0.4 is 10.5 Å². The molecule has 80 valence electrons. The van der Waals surface area contributed by atoms with Crippen LogP contribution in [-0.4, -0.2) is 33.4 Å². The zero-order valence-corrected chi connectivity index (χ0v) is 8.29. The number of hydrogen-bond acceptors (Lipinski definition) is 5. The summed E-state index contributed by atoms with van der Waals surface area (Å²) in [5, 5.41) is 13.1. The number of ether oxygens (including phenoxy) is 1. The van der Waals surface area contributed by atoms with Gasteiger partial charge in [0.15, 0.2) is 5.65 Å². The number of aliphatic hydroxyl groups is 1. The summed E-state index contributed by atoms with van der Waals surface area (Å²) in [7, 11) is 1.54. The highest BCUT2D eigenvalue weighted by atomic mass is 16.5. The van der Waals surface area contributed by atoms with Gasteiger partial charge >= 0.3 is 0 Å². The minimum absolute atomic E-state index is 0.146. The van der Waals surface area contributed by atoms with Crippen molar-refractivity contribution >= 4 is 5.65 Å². The summed E-state index contributed by atoms with van der Waals surface area (Å²) in [6.07, 6.45) is 1.60. The van der Waals surface area contributed by atoms with E-state index in [0.29, 0.717) is 17.2 Å². The third-order valence-electron chi connectivity index (χ3n) is 2.15. The molecular formula is C9H12N4O2. The average Bonchev–Trinajstić information content (AvgIpc) is 2.70. The predicted molar refractivity (Wildman–Crippen MR) is 53.6 cm³/mol. The Morgan fingerprint density at radius 2 is 2.40 bits per heavy atom. The van der Waals surface area contributed by atoms with Crippen molar-refractivity contribution in [1.29, 1.82) is 0 Å². The Bertz CT molecular complexity index is 468. The first-order valence-corrected chi connectivity index (χ1v) is 4.51. The van der Waals surface area contributed by atoms with Crippen molar-refractivity contribution in [2.24, 2.45) is 5.73 Å². The van der Waals surface area contributed by atoms with Gasteiger partial charge in [0.25, 0.3) is 0 Å². The first-order valence-electron chi connectivity index (χ1n) is 4.51. The Labute approximate surface area is 86.3 Å². The molecule has 0 bridgehead atoms. The number of imidazole rings is 1. The molecule has 2 aromatic rings. The van der Waals surface area contributed by atoms with Gasteiger partial charge in [0.05, 0.1) is 31.6 Å². The molecule has 0 fully saturated rings. The Morgan fingerprint density at radius 3 is 3.07 bits per heavy atom. The van der Waals surface area contributed by atoms with Crippen LogP contribution in [0.25, 0.3) is 5.65 Å². The highest BCUT2D eigenvalue weighted by molar-refractivity contribution is 5.40. The SMILES string of the molecule is COc1ccc2ncc(C(N)CO)n2n1. The molecule has 15 heavy (non-hydrogen) atoms. The quantitative estimate of drug-likeness (QED) is 0.725. The van der Waals surface area contributed by atoms with Crippen LogP contribution in [0.5, 0.6) is 5.88 Å². The van der Waals surface area contributed by atoms with E-state index in [-0.39, 0.29) is 6.61 Å². The van der Waals surface area contributed by atoms with E-state index in [9.17, 15) is 0 Å². The fourth-order valence-electron chi connectivity index (χ4n) is 1.33. The molecule has 0 aliphatic rings. The maximum absolute atomic E-state index is 8.97. The molecule has 1 unspecified atom stereocenters. The van der Waals surface area contributed by atoms with Crippen LogP contribution in [0.4, 0.5) is 0 Å². The number of aliphatic hydroxyl groups excluding tert-OH is 1. The maximum atomic E-state index is 8.97. The van der Waals surface area contributed by atoms with Gasteiger partial charge in [0, 0.05) is 6.07 Å². The smallest absolute Gasteiger partial charge is 0.231 e. The van der Waals surface area contributed by atoms with Crippen LogP contribution in [0.3, 0.4) is 0 Å². The Kier molecular flexibility index (Phi) is 2.53. The molecular weight excluding hydrogens is 196 g/mol. The van der Waals surface area contributed by atoms with Crippen LogP contribution in [-0.2, 0) is 0 Å². The van der Waals surface area contributed by atoms with Crippen molar-refractivity contribution in [3.05, 3.63) is 24.0 Å². The van der Waals surface area contributed by atoms with Crippen LogP contribution in [0.2, 0.25) is 0 Å². The molecule has 3 N–H and O–H groups in total. The molecule has 6 heteroatoms. The van der Waals surface area contributed by atoms with E-state index < -0.39 is 6.04 Å². The molecule has 0 saturated heterocycles. The number of rotatable bonds is 3. The molecule has 1 atom stereocenters. The zero-order chi connectivity index (χ0) is 10.8.